The third-order valence-corrected chi connectivity index (χ3v) is 6.99. The van der Waals surface area contributed by atoms with Gasteiger partial charge in [0, 0.05) is 28.1 Å². The quantitative estimate of drug-likeness (QED) is 0.308. The predicted molar refractivity (Wildman–Crippen MR) is 141 cm³/mol. The first-order valence-corrected chi connectivity index (χ1v) is 12.3. The molecule has 4 aromatic rings. The van der Waals surface area contributed by atoms with Gasteiger partial charge in [0.2, 0.25) is 6.79 Å². The Bertz CT molecular complexity index is 1670. The average Bonchev–Trinajstić information content (AvgIpc) is 3.51. The van der Waals surface area contributed by atoms with Gasteiger partial charge in [-0.3, -0.25) is 4.79 Å². The molecule has 2 aliphatic rings. The number of ether oxygens (including phenoxy) is 2. The van der Waals surface area contributed by atoms with Crippen LogP contribution in [0.4, 0.5) is 4.39 Å². The highest BCUT2D eigenvalue weighted by Crippen LogP contribution is 2.42. The van der Waals surface area contributed by atoms with Gasteiger partial charge < -0.3 is 19.1 Å². The van der Waals surface area contributed by atoms with Gasteiger partial charge in [0.25, 0.3) is 5.56 Å². The maximum Gasteiger partial charge on any atom is 0.254 e. The number of benzene rings is 2. The lowest BCUT2D eigenvalue weighted by Crippen LogP contribution is -2.25. The van der Waals surface area contributed by atoms with E-state index in [1.54, 1.807) is 28.8 Å². The molecule has 0 aliphatic carbocycles. The molecule has 0 spiro atoms. The number of aliphatic hydroxyl groups is 1. The smallest absolute Gasteiger partial charge is 0.254 e. The highest BCUT2D eigenvalue weighted by Gasteiger charge is 2.29. The lowest BCUT2D eigenvalue weighted by Gasteiger charge is -2.15. The minimum Gasteiger partial charge on any atom is -0.454 e. The zero-order valence-corrected chi connectivity index (χ0v) is 20.3. The van der Waals surface area contributed by atoms with E-state index in [1.807, 2.05) is 31.2 Å². The third kappa shape index (κ3) is 3.74. The first kappa shape index (κ1) is 23.2. The van der Waals surface area contributed by atoms with Crippen molar-refractivity contribution in [3.63, 3.8) is 0 Å². The molecule has 0 saturated heterocycles. The second kappa shape index (κ2) is 9.01. The van der Waals surface area contributed by atoms with Gasteiger partial charge in [-0.1, -0.05) is 49.8 Å². The Morgan fingerprint density at radius 2 is 1.97 bits per heavy atom. The van der Waals surface area contributed by atoms with Gasteiger partial charge in [0.1, 0.15) is 5.82 Å². The number of aromatic nitrogens is 2. The van der Waals surface area contributed by atoms with E-state index in [0.29, 0.717) is 58.1 Å². The molecule has 1 N–H and O–H groups in total. The van der Waals surface area contributed by atoms with E-state index in [2.05, 4.69) is 6.58 Å². The van der Waals surface area contributed by atoms with Gasteiger partial charge in [-0.15, -0.1) is 6.58 Å². The largest absolute Gasteiger partial charge is 0.454 e. The Morgan fingerprint density at radius 3 is 2.73 bits per heavy atom. The number of aliphatic hydroxyl groups excluding tert-OH is 1. The summed E-state index contributed by atoms with van der Waals surface area (Å²) < 4.78 is 27.3. The molecule has 2 aliphatic heterocycles. The molecule has 186 valence electrons. The first-order chi connectivity index (χ1) is 18.0. The molecule has 6 rings (SSSR count). The molecule has 0 saturated carbocycles. The minimum atomic E-state index is -0.959. The fourth-order valence-corrected chi connectivity index (χ4v) is 5.17. The van der Waals surface area contributed by atoms with Gasteiger partial charge >= 0.3 is 0 Å². The second-order valence-electron chi connectivity index (χ2n) is 9.22. The van der Waals surface area contributed by atoms with E-state index in [4.69, 9.17) is 14.5 Å². The maximum absolute atomic E-state index is 14.4. The van der Waals surface area contributed by atoms with Crippen molar-refractivity contribution >= 4 is 23.1 Å². The molecule has 0 amide bonds. The molecular formula is C30H25FN2O4. The number of nitrogens with zero attached hydrogens (tertiary/aromatic N) is 2. The van der Waals surface area contributed by atoms with Crippen LogP contribution >= 0.6 is 0 Å². The first-order valence-electron chi connectivity index (χ1n) is 12.3. The minimum absolute atomic E-state index is 0.132. The maximum atomic E-state index is 14.4. The number of rotatable bonds is 6. The van der Waals surface area contributed by atoms with Crippen LogP contribution in [0, 0.1) is 5.82 Å². The van der Waals surface area contributed by atoms with Crippen LogP contribution in [0.1, 0.15) is 47.3 Å². The third-order valence-electron chi connectivity index (χ3n) is 6.99. The van der Waals surface area contributed by atoms with Gasteiger partial charge in [0.05, 0.1) is 29.6 Å². The Morgan fingerprint density at radius 1 is 1.19 bits per heavy atom. The summed E-state index contributed by atoms with van der Waals surface area (Å²) in [5.41, 5.74) is 5.08. The molecule has 4 heterocycles. The SMILES string of the molecule is C=CC(O)c1cc2n(c(=O)c1CCC)Cc1c-2nc2cc3c(cc2c1/C=C/c1ccccc1F)OCO3. The number of fused-ring (bicyclic) bond motifs is 5. The van der Waals surface area contributed by atoms with Crippen molar-refractivity contribution in [3.05, 3.63) is 99.1 Å². The van der Waals surface area contributed by atoms with Crippen LogP contribution in [0.2, 0.25) is 0 Å². The van der Waals surface area contributed by atoms with Crippen LogP contribution in [0.25, 0.3) is 34.4 Å². The van der Waals surface area contributed by atoms with E-state index in [-0.39, 0.29) is 18.2 Å². The Balaban J connectivity index is 1.62. The fourth-order valence-electron chi connectivity index (χ4n) is 5.17. The zero-order chi connectivity index (χ0) is 25.7. The molecule has 0 bridgehead atoms. The van der Waals surface area contributed by atoms with Crippen LogP contribution in [-0.4, -0.2) is 21.5 Å². The van der Waals surface area contributed by atoms with Crippen LogP contribution in [0.5, 0.6) is 11.5 Å². The van der Waals surface area contributed by atoms with Gasteiger partial charge in [0.15, 0.2) is 11.5 Å². The monoisotopic (exact) mass is 496 g/mol. The van der Waals surface area contributed by atoms with Crippen molar-refractivity contribution < 1.29 is 19.0 Å². The summed E-state index contributed by atoms with van der Waals surface area (Å²) in [5, 5.41) is 11.5. The Hall–Kier alpha value is -4.23. The summed E-state index contributed by atoms with van der Waals surface area (Å²) in [4.78, 5) is 18.6. The molecule has 0 radical (unpaired) electrons. The number of halogens is 1. The van der Waals surface area contributed by atoms with Crippen molar-refractivity contribution in [1.82, 2.24) is 9.55 Å². The normalized spacial score (nSPS) is 14.2. The average molecular weight is 497 g/mol. The molecule has 7 heteroatoms. The lowest BCUT2D eigenvalue weighted by molar-refractivity contribution is 0.174. The molecule has 37 heavy (non-hydrogen) atoms. The molecule has 0 fully saturated rings. The van der Waals surface area contributed by atoms with Crippen LogP contribution in [0.3, 0.4) is 0 Å². The molecular weight excluding hydrogens is 471 g/mol. The van der Waals surface area contributed by atoms with E-state index in [9.17, 15) is 14.3 Å². The Kier molecular flexibility index (Phi) is 5.65. The number of hydrogen-bond donors (Lipinski definition) is 1. The lowest BCUT2D eigenvalue weighted by atomic mass is 9.97. The van der Waals surface area contributed by atoms with Crippen molar-refractivity contribution in [3.8, 4) is 22.9 Å². The van der Waals surface area contributed by atoms with Crippen LogP contribution in [-0.2, 0) is 13.0 Å². The molecule has 2 aromatic heterocycles. The van der Waals surface area contributed by atoms with E-state index < -0.39 is 6.10 Å². The number of hydrogen-bond acceptors (Lipinski definition) is 5. The Labute approximate surface area is 212 Å². The molecule has 1 atom stereocenters. The van der Waals surface area contributed by atoms with Crippen molar-refractivity contribution in [1.29, 1.82) is 0 Å². The molecule has 1 unspecified atom stereocenters. The fraction of sp³-hybridized carbons (Fsp3) is 0.200. The number of pyridine rings is 2. The summed E-state index contributed by atoms with van der Waals surface area (Å²) in [6.07, 6.45) is 5.38. The summed E-state index contributed by atoms with van der Waals surface area (Å²) in [7, 11) is 0. The van der Waals surface area contributed by atoms with E-state index in [1.165, 1.54) is 12.1 Å². The zero-order valence-electron chi connectivity index (χ0n) is 20.3. The summed E-state index contributed by atoms with van der Waals surface area (Å²) in [6, 6.07) is 12.1. The highest BCUT2D eigenvalue weighted by molar-refractivity contribution is 5.97. The van der Waals surface area contributed by atoms with Gasteiger partial charge in [-0.2, -0.15) is 0 Å². The van der Waals surface area contributed by atoms with E-state index in [0.717, 1.165) is 22.9 Å². The standard InChI is InChI=1S/C30H25FN2O4/c1-3-7-19-21(26(34)4-2)12-25-29-22(15-33(25)30(19)35)18(11-10-17-8-5-6-9-23(17)31)20-13-27-28(37-16-36-27)14-24(20)32-29/h4-6,8-14,26,34H,2-3,7,15-16H2,1H3/b11-10+. The van der Waals surface area contributed by atoms with Crippen LogP contribution < -0.4 is 15.0 Å². The van der Waals surface area contributed by atoms with Crippen molar-refractivity contribution in [2.45, 2.75) is 32.4 Å². The summed E-state index contributed by atoms with van der Waals surface area (Å²) in [5.74, 6) is 0.891. The van der Waals surface area contributed by atoms with Gasteiger partial charge in [-0.05, 0) is 35.7 Å². The molecule has 2 aromatic carbocycles. The van der Waals surface area contributed by atoms with Crippen LogP contribution in [0.15, 0.2) is 59.9 Å². The van der Waals surface area contributed by atoms with Gasteiger partial charge in [-0.25, -0.2) is 9.37 Å². The molecule has 6 nitrogen and oxygen atoms in total. The predicted octanol–water partition coefficient (Wildman–Crippen LogP) is 5.64. The second-order valence-corrected chi connectivity index (χ2v) is 9.22. The highest BCUT2D eigenvalue weighted by atomic mass is 19.1. The summed E-state index contributed by atoms with van der Waals surface area (Å²) >= 11 is 0. The van der Waals surface area contributed by atoms with Crippen molar-refractivity contribution in [2.24, 2.45) is 0 Å². The topological polar surface area (TPSA) is 73.6 Å². The van der Waals surface area contributed by atoms with Crippen molar-refractivity contribution in [2.75, 3.05) is 6.79 Å². The van der Waals surface area contributed by atoms with E-state index >= 15 is 0 Å². The summed E-state index contributed by atoms with van der Waals surface area (Å²) in [6.45, 7) is 6.16.